The van der Waals surface area contributed by atoms with E-state index < -0.39 is 0 Å². The lowest BCUT2D eigenvalue weighted by Crippen LogP contribution is -2.57. The Bertz CT molecular complexity index is 823. The molecule has 2 heterocycles. The fourth-order valence-electron chi connectivity index (χ4n) is 5.09. The number of anilines is 1. The maximum atomic E-state index is 12.0. The van der Waals surface area contributed by atoms with E-state index in [4.69, 9.17) is 20.6 Å². The van der Waals surface area contributed by atoms with Crippen molar-refractivity contribution in [2.45, 2.75) is 39.2 Å². The Labute approximate surface area is 202 Å². The number of nitrogens with two attached hydrogens (primary N) is 1. The van der Waals surface area contributed by atoms with Crippen LogP contribution in [0.25, 0.3) is 0 Å². The molecule has 9 heteroatoms. The number of benzene rings is 1. The highest BCUT2D eigenvalue weighted by atomic mass is 16.5. The third kappa shape index (κ3) is 7.17. The smallest absolute Gasteiger partial charge is 0.320 e. The maximum Gasteiger partial charge on any atom is 0.320 e. The minimum atomic E-state index is -0.186. The van der Waals surface area contributed by atoms with Crippen molar-refractivity contribution in [2.75, 3.05) is 63.9 Å². The third-order valence-electron chi connectivity index (χ3n) is 6.79. The summed E-state index contributed by atoms with van der Waals surface area (Å²) in [6, 6.07) is 8.24. The number of amidine groups is 1. The summed E-state index contributed by atoms with van der Waals surface area (Å²) >= 11 is 0. The average molecular weight is 474 g/mol. The van der Waals surface area contributed by atoms with Gasteiger partial charge in [0.05, 0.1) is 19.8 Å². The summed E-state index contributed by atoms with van der Waals surface area (Å²) in [5.74, 6) is 0.0469. The molecule has 3 N–H and O–H groups in total. The van der Waals surface area contributed by atoms with Gasteiger partial charge < -0.3 is 20.1 Å². The molecule has 1 aromatic rings. The van der Waals surface area contributed by atoms with Crippen LogP contribution >= 0.6 is 0 Å². The first-order valence-corrected chi connectivity index (χ1v) is 12.4. The number of likely N-dealkylation sites (tertiary alicyclic amines) is 1. The first kappa shape index (κ1) is 26.0. The zero-order valence-corrected chi connectivity index (χ0v) is 20.5. The number of nitrogen functional groups attached to an aromatic ring is 1. The highest BCUT2D eigenvalue weighted by Gasteiger charge is 2.35. The molecule has 3 rings (SSSR count). The summed E-state index contributed by atoms with van der Waals surface area (Å²) in [4.78, 5) is 31.1. The Balaban J connectivity index is 1.59. The zero-order chi connectivity index (χ0) is 24.5. The molecule has 34 heavy (non-hydrogen) atoms. The molecule has 2 aliphatic rings. The fourth-order valence-corrected chi connectivity index (χ4v) is 5.09. The second-order valence-corrected chi connectivity index (χ2v) is 8.98. The van der Waals surface area contributed by atoms with Gasteiger partial charge in [0, 0.05) is 63.0 Å². The molecular weight excluding hydrogens is 434 g/mol. The lowest BCUT2D eigenvalue weighted by atomic mass is 9.86. The van der Waals surface area contributed by atoms with Crippen LogP contribution in [0.3, 0.4) is 0 Å². The van der Waals surface area contributed by atoms with Crippen LogP contribution < -0.4 is 10.6 Å². The van der Waals surface area contributed by atoms with Crippen LogP contribution in [0.1, 0.15) is 38.7 Å². The number of nitrogens with zero attached hydrogens (tertiary/aromatic N) is 3. The molecule has 2 aliphatic heterocycles. The molecule has 0 aromatic heterocycles. The Morgan fingerprint density at radius 2 is 1.65 bits per heavy atom. The molecule has 2 atom stereocenters. The van der Waals surface area contributed by atoms with Gasteiger partial charge in [-0.15, -0.1) is 0 Å². The number of hydrogen-bond donors (Lipinski definition) is 2. The van der Waals surface area contributed by atoms with Gasteiger partial charge in [-0.25, -0.2) is 0 Å². The standard InChI is InChI=1S/C25H39N5O4/c1-3-33-23(31)10-7-20-17-28(18-24(32)34-4-2)12-11-22(20)30-15-13-29(14-16-30)21-8-5-19(6-9-21)25(26)27/h5-6,8-9,20,22H,3-4,7,10-18H2,1-2H3,(H3,26,27). The first-order valence-electron chi connectivity index (χ1n) is 12.4. The van der Waals surface area contributed by atoms with Crippen molar-refractivity contribution in [1.82, 2.24) is 9.80 Å². The van der Waals surface area contributed by atoms with E-state index in [0.717, 1.165) is 63.4 Å². The molecule has 0 saturated carbocycles. The number of hydrogen-bond acceptors (Lipinski definition) is 8. The Hall–Kier alpha value is -2.65. The van der Waals surface area contributed by atoms with Crippen molar-refractivity contribution in [2.24, 2.45) is 11.7 Å². The lowest BCUT2D eigenvalue weighted by molar-refractivity contribution is -0.146. The molecule has 2 fully saturated rings. The molecule has 2 saturated heterocycles. The fraction of sp³-hybridized carbons (Fsp3) is 0.640. The van der Waals surface area contributed by atoms with Gasteiger partial charge in [0.1, 0.15) is 5.84 Å². The summed E-state index contributed by atoms with van der Waals surface area (Å²) in [7, 11) is 0. The molecule has 0 bridgehead atoms. The van der Waals surface area contributed by atoms with Gasteiger partial charge in [0.25, 0.3) is 0 Å². The minimum absolute atomic E-state index is 0.0829. The van der Waals surface area contributed by atoms with Gasteiger partial charge in [-0.2, -0.15) is 0 Å². The summed E-state index contributed by atoms with van der Waals surface area (Å²) in [5.41, 5.74) is 7.46. The Kier molecular flexibility index (Phi) is 9.71. The van der Waals surface area contributed by atoms with Crippen LogP contribution in [0, 0.1) is 11.3 Å². The second kappa shape index (κ2) is 12.7. The van der Waals surface area contributed by atoms with Crippen molar-refractivity contribution >= 4 is 23.5 Å². The van der Waals surface area contributed by atoms with Crippen molar-refractivity contribution in [3.8, 4) is 0 Å². The summed E-state index contributed by atoms with van der Waals surface area (Å²) in [6.45, 7) is 10.1. The molecule has 2 unspecified atom stereocenters. The van der Waals surface area contributed by atoms with E-state index >= 15 is 0 Å². The number of piperazine rings is 1. The molecule has 0 amide bonds. The number of carbonyl (C=O) groups excluding carboxylic acids is 2. The normalized spacial score (nSPS) is 21.8. The predicted molar refractivity (Wildman–Crippen MR) is 132 cm³/mol. The van der Waals surface area contributed by atoms with Crippen molar-refractivity contribution in [3.63, 3.8) is 0 Å². The van der Waals surface area contributed by atoms with Gasteiger partial charge in [0.15, 0.2) is 0 Å². The van der Waals surface area contributed by atoms with Crippen LogP contribution in [0.4, 0.5) is 5.69 Å². The first-order chi connectivity index (χ1) is 16.4. The molecular formula is C25H39N5O4. The number of nitrogens with one attached hydrogen (secondary N) is 1. The van der Waals surface area contributed by atoms with E-state index in [2.05, 4.69) is 14.7 Å². The molecule has 188 valence electrons. The SMILES string of the molecule is CCOC(=O)CCC1CN(CC(=O)OCC)CCC1N1CCN(c2ccc(C(=N)N)cc2)CC1. The second-order valence-electron chi connectivity index (χ2n) is 8.98. The van der Waals surface area contributed by atoms with Crippen LogP contribution in [0.5, 0.6) is 0 Å². The molecule has 0 spiro atoms. The minimum Gasteiger partial charge on any atom is -0.466 e. The van der Waals surface area contributed by atoms with Gasteiger partial charge >= 0.3 is 11.9 Å². The monoisotopic (exact) mass is 473 g/mol. The third-order valence-corrected chi connectivity index (χ3v) is 6.79. The zero-order valence-electron chi connectivity index (χ0n) is 20.5. The lowest BCUT2D eigenvalue weighted by Gasteiger charge is -2.47. The van der Waals surface area contributed by atoms with Gasteiger partial charge in [0.2, 0.25) is 0 Å². The van der Waals surface area contributed by atoms with E-state index in [0.29, 0.717) is 38.1 Å². The quantitative estimate of drug-likeness (QED) is 0.300. The van der Waals surface area contributed by atoms with E-state index in [1.54, 1.807) is 0 Å². The number of piperidine rings is 1. The van der Waals surface area contributed by atoms with Crippen LogP contribution in [0.15, 0.2) is 24.3 Å². The summed E-state index contributed by atoms with van der Waals surface area (Å²) < 4.78 is 10.3. The van der Waals surface area contributed by atoms with E-state index in [-0.39, 0.29) is 17.8 Å². The van der Waals surface area contributed by atoms with Crippen LogP contribution in [0.2, 0.25) is 0 Å². The van der Waals surface area contributed by atoms with E-state index in [1.807, 2.05) is 38.1 Å². The van der Waals surface area contributed by atoms with E-state index in [1.165, 1.54) is 0 Å². The Morgan fingerprint density at radius 3 is 2.26 bits per heavy atom. The predicted octanol–water partition coefficient (Wildman–Crippen LogP) is 1.69. The van der Waals surface area contributed by atoms with Gasteiger partial charge in [-0.3, -0.25) is 24.8 Å². The average Bonchev–Trinajstić information content (AvgIpc) is 2.83. The number of carbonyl (C=O) groups is 2. The molecule has 0 radical (unpaired) electrons. The van der Waals surface area contributed by atoms with Crippen LogP contribution in [-0.2, 0) is 19.1 Å². The maximum absolute atomic E-state index is 12.0. The summed E-state index contributed by atoms with van der Waals surface area (Å²) in [6.07, 6.45) is 2.14. The van der Waals surface area contributed by atoms with Crippen molar-refractivity contribution < 1.29 is 19.1 Å². The Morgan fingerprint density at radius 1 is 1.00 bits per heavy atom. The topological polar surface area (TPSA) is 112 Å². The largest absolute Gasteiger partial charge is 0.466 e. The molecule has 0 aliphatic carbocycles. The van der Waals surface area contributed by atoms with Crippen molar-refractivity contribution in [1.29, 1.82) is 5.41 Å². The van der Waals surface area contributed by atoms with E-state index in [9.17, 15) is 9.59 Å². The van der Waals surface area contributed by atoms with Gasteiger partial charge in [-0.05, 0) is 56.9 Å². The molecule has 1 aromatic carbocycles. The molecule has 9 nitrogen and oxygen atoms in total. The number of esters is 2. The highest BCUT2D eigenvalue weighted by molar-refractivity contribution is 5.95. The van der Waals surface area contributed by atoms with Crippen LogP contribution in [-0.4, -0.2) is 92.6 Å². The van der Waals surface area contributed by atoms with Gasteiger partial charge in [-0.1, -0.05) is 0 Å². The highest BCUT2D eigenvalue weighted by Crippen LogP contribution is 2.28. The summed E-state index contributed by atoms with van der Waals surface area (Å²) in [5, 5.41) is 7.56. The number of rotatable bonds is 10. The number of ether oxygens (including phenoxy) is 2. The van der Waals surface area contributed by atoms with Crippen molar-refractivity contribution in [3.05, 3.63) is 29.8 Å².